The third-order valence-corrected chi connectivity index (χ3v) is 5.03. The molecule has 0 N–H and O–H groups in total. The summed E-state index contributed by atoms with van der Waals surface area (Å²) in [7, 11) is -4.64. The van der Waals surface area contributed by atoms with E-state index in [0.29, 0.717) is 20.9 Å². The van der Waals surface area contributed by atoms with Crippen molar-refractivity contribution in [1.29, 1.82) is 0 Å². The standard InChI is InChI=1S/C12H10Br2FNO4S/c13-9-2-8(5-17)12(10(14)3-9)16-4-7(1-11(16)18)6-21(15,19)20/h2-3,5,7H,1,4,6H2. The zero-order valence-electron chi connectivity index (χ0n) is 10.6. The number of amides is 1. The molecule has 1 aliphatic rings. The summed E-state index contributed by atoms with van der Waals surface area (Å²) in [5.41, 5.74) is 0.658. The molecule has 2 rings (SSSR count). The smallest absolute Gasteiger partial charge is 0.302 e. The molecular formula is C12H10Br2FNO4S. The first kappa shape index (κ1) is 16.6. The first-order valence-corrected chi connectivity index (χ1v) is 9.02. The van der Waals surface area contributed by atoms with Crippen molar-refractivity contribution in [2.75, 3.05) is 17.2 Å². The van der Waals surface area contributed by atoms with E-state index in [1.165, 1.54) is 4.90 Å². The lowest BCUT2D eigenvalue weighted by molar-refractivity contribution is -0.117. The van der Waals surface area contributed by atoms with Crippen LogP contribution in [0.3, 0.4) is 0 Å². The van der Waals surface area contributed by atoms with Gasteiger partial charge in [0.2, 0.25) is 5.91 Å². The Hall–Kier alpha value is -0.800. The van der Waals surface area contributed by atoms with Crippen LogP contribution in [0.25, 0.3) is 0 Å². The first-order chi connectivity index (χ1) is 9.71. The fourth-order valence-corrected chi connectivity index (χ4v) is 4.61. The zero-order valence-corrected chi connectivity index (χ0v) is 14.5. The number of aldehydes is 1. The number of hydrogen-bond acceptors (Lipinski definition) is 4. The monoisotopic (exact) mass is 441 g/mol. The molecule has 1 aliphatic heterocycles. The topological polar surface area (TPSA) is 71.5 Å². The Bertz CT molecular complexity index is 707. The van der Waals surface area contributed by atoms with Crippen molar-refractivity contribution in [2.45, 2.75) is 6.42 Å². The second-order valence-corrected chi connectivity index (χ2v) is 7.90. The molecule has 0 spiro atoms. The van der Waals surface area contributed by atoms with Crippen molar-refractivity contribution in [3.05, 3.63) is 26.6 Å². The summed E-state index contributed by atoms with van der Waals surface area (Å²) in [5.74, 6) is -1.66. The molecule has 1 atom stereocenters. The Morgan fingerprint density at radius 3 is 2.62 bits per heavy atom. The van der Waals surface area contributed by atoms with Crippen LogP contribution < -0.4 is 4.90 Å². The lowest BCUT2D eigenvalue weighted by Crippen LogP contribution is -2.27. The van der Waals surface area contributed by atoms with Gasteiger partial charge in [0.05, 0.1) is 11.4 Å². The van der Waals surface area contributed by atoms with E-state index in [4.69, 9.17) is 0 Å². The summed E-state index contributed by atoms with van der Waals surface area (Å²) >= 11 is 6.52. The number of hydrogen-bond donors (Lipinski definition) is 0. The van der Waals surface area contributed by atoms with E-state index in [1.807, 2.05) is 0 Å². The minimum atomic E-state index is -4.64. The number of anilines is 1. The predicted octanol–water partition coefficient (Wildman–Crippen LogP) is 2.68. The lowest BCUT2D eigenvalue weighted by atomic mass is 10.1. The fraction of sp³-hybridized carbons (Fsp3) is 0.333. The van der Waals surface area contributed by atoms with Crippen molar-refractivity contribution >= 4 is 60.0 Å². The van der Waals surface area contributed by atoms with E-state index >= 15 is 0 Å². The van der Waals surface area contributed by atoms with Gasteiger partial charge in [0.25, 0.3) is 0 Å². The van der Waals surface area contributed by atoms with Gasteiger partial charge in [-0.2, -0.15) is 8.42 Å². The molecule has 1 aromatic carbocycles. The third-order valence-electron chi connectivity index (χ3n) is 3.09. The van der Waals surface area contributed by atoms with Crippen LogP contribution >= 0.6 is 31.9 Å². The summed E-state index contributed by atoms with van der Waals surface area (Å²) in [6, 6.07) is 3.23. The SMILES string of the molecule is O=Cc1cc(Br)cc(Br)c1N1CC(CS(=O)(=O)F)CC1=O. The molecule has 0 aliphatic carbocycles. The van der Waals surface area contributed by atoms with Gasteiger partial charge in [-0.25, -0.2) is 0 Å². The lowest BCUT2D eigenvalue weighted by Gasteiger charge is -2.20. The Balaban J connectivity index is 2.35. The second kappa shape index (κ2) is 6.13. The Kier molecular flexibility index (Phi) is 4.84. The molecule has 1 aromatic rings. The normalized spacial score (nSPS) is 19.1. The molecule has 21 heavy (non-hydrogen) atoms. The molecule has 0 bridgehead atoms. The maximum Gasteiger partial charge on any atom is 0.302 e. The van der Waals surface area contributed by atoms with E-state index in [1.54, 1.807) is 12.1 Å². The molecular weight excluding hydrogens is 433 g/mol. The molecule has 5 nitrogen and oxygen atoms in total. The van der Waals surface area contributed by atoms with E-state index in [2.05, 4.69) is 31.9 Å². The van der Waals surface area contributed by atoms with Gasteiger partial charge in [0.1, 0.15) is 0 Å². The van der Waals surface area contributed by atoms with Crippen molar-refractivity contribution in [3.8, 4) is 0 Å². The number of halogens is 3. The molecule has 0 radical (unpaired) electrons. The maximum atomic E-state index is 12.7. The molecule has 0 aromatic heterocycles. The summed E-state index contributed by atoms with van der Waals surface area (Å²) in [6.07, 6.45) is 0.543. The van der Waals surface area contributed by atoms with Crippen LogP contribution in [0.4, 0.5) is 9.57 Å². The van der Waals surface area contributed by atoms with Gasteiger partial charge in [0, 0.05) is 33.4 Å². The molecule has 1 saturated heterocycles. The van der Waals surface area contributed by atoms with Gasteiger partial charge >= 0.3 is 10.2 Å². The van der Waals surface area contributed by atoms with Gasteiger partial charge in [-0.15, -0.1) is 3.89 Å². The predicted molar refractivity (Wildman–Crippen MR) is 82.6 cm³/mol. The van der Waals surface area contributed by atoms with E-state index in [9.17, 15) is 21.9 Å². The zero-order chi connectivity index (χ0) is 15.8. The molecule has 9 heteroatoms. The molecule has 0 saturated carbocycles. The van der Waals surface area contributed by atoms with Crippen LogP contribution in [0.2, 0.25) is 0 Å². The molecule has 1 heterocycles. The molecule has 1 fully saturated rings. The Morgan fingerprint density at radius 1 is 1.38 bits per heavy atom. The van der Waals surface area contributed by atoms with Crippen molar-refractivity contribution in [2.24, 2.45) is 5.92 Å². The summed E-state index contributed by atoms with van der Waals surface area (Å²) in [4.78, 5) is 24.5. The average Bonchev–Trinajstić information content (AvgIpc) is 2.66. The summed E-state index contributed by atoms with van der Waals surface area (Å²) in [5, 5.41) is 0. The molecule has 1 unspecified atom stereocenters. The first-order valence-electron chi connectivity index (χ1n) is 5.88. The minimum absolute atomic E-state index is 0.0586. The second-order valence-electron chi connectivity index (χ2n) is 4.72. The van der Waals surface area contributed by atoms with Gasteiger partial charge in [-0.05, 0) is 28.1 Å². The van der Waals surface area contributed by atoms with Crippen LogP contribution in [0.15, 0.2) is 21.1 Å². The van der Waals surface area contributed by atoms with Gasteiger partial charge in [-0.1, -0.05) is 15.9 Å². The summed E-state index contributed by atoms with van der Waals surface area (Å²) in [6.45, 7) is 0.0586. The van der Waals surface area contributed by atoms with Crippen LogP contribution in [-0.4, -0.2) is 32.9 Å². The van der Waals surface area contributed by atoms with Gasteiger partial charge in [0.15, 0.2) is 6.29 Å². The highest BCUT2D eigenvalue weighted by atomic mass is 79.9. The van der Waals surface area contributed by atoms with Crippen molar-refractivity contribution in [1.82, 2.24) is 0 Å². The van der Waals surface area contributed by atoms with Crippen LogP contribution in [0.1, 0.15) is 16.8 Å². The third kappa shape index (κ3) is 3.89. The van der Waals surface area contributed by atoms with E-state index in [-0.39, 0.29) is 24.4 Å². The molecule has 114 valence electrons. The highest BCUT2D eigenvalue weighted by Gasteiger charge is 2.35. The van der Waals surface area contributed by atoms with Crippen LogP contribution in [-0.2, 0) is 15.0 Å². The van der Waals surface area contributed by atoms with Gasteiger partial charge < -0.3 is 4.90 Å². The maximum absolute atomic E-state index is 12.7. The average molecular weight is 443 g/mol. The number of nitrogens with zero attached hydrogens (tertiary/aromatic N) is 1. The van der Waals surface area contributed by atoms with Crippen molar-refractivity contribution in [3.63, 3.8) is 0 Å². The Morgan fingerprint density at radius 2 is 2.05 bits per heavy atom. The quantitative estimate of drug-likeness (QED) is 0.530. The van der Waals surface area contributed by atoms with Crippen molar-refractivity contribution < 1.29 is 21.9 Å². The van der Waals surface area contributed by atoms with Gasteiger partial charge in [-0.3, -0.25) is 9.59 Å². The molecule has 1 amide bonds. The fourth-order valence-electron chi connectivity index (χ4n) is 2.35. The Labute approximate surface area is 138 Å². The highest BCUT2D eigenvalue weighted by molar-refractivity contribution is 9.11. The highest BCUT2D eigenvalue weighted by Crippen LogP contribution is 2.36. The number of carbonyl (C=O) groups is 2. The van der Waals surface area contributed by atoms with Crippen LogP contribution in [0, 0.1) is 5.92 Å². The summed E-state index contributed by atoms with van der Waals surface area (Å²) < 4.78 is 35.3. The number of benzene rings is 1. The van der Waals surface area contributed by atoms with E-state index < -0.39 is 21.9 Å². The minimum Gasteiger partial charge on any atom is -0.310 e. The number of carbonyl (C=O) groups excluding carboxylic acids is 2. The largest absolute Gasteiger partial charge is 0.310 e. The van der Waals surface area contributed by atoms with Crippen LogP contribution in [0.5, 0.6) is 0 Å². The number of rotatable bonds is 4. The van der Waals surface area contributed by atoms with E-state index in [0.717, 1.165) is 0 Å².